The molecule has 3 nitrogen and oxygen atoms in total. The Morgan fingerprint density at radius 3 is 2.35 bits per heavy atom. The van der Waals surface area contributed by atoms with Gasteiger partial charge in [-0.2, -0.15) is 11.8 Å². The molecule has 0 fully saturated rings. The predicted octanol–water partition coefficient (Wildman–Crippen LogP) is 4.80. The van der Waals surface area contributed by atoms with Gasteiger partial charge in [-0.05, 0) is 35.6 Å². The molecule has 1 atom stereocenters. The summed E-state index contributed by atoms with van der Waals surface area (Å²) in [5, 5.41) is 2.94. The number of hydrogen-bond acceptors (Lipinski definition) is 3. The summed E-state index contributed by atoms with van der Waals surface area (Å²) < 4.78 is 5.75. The zero-order valence-corrected chi connectivity index (χ0v) is 16.9. The first-order chi connectivity index (χ1) is 12.4. The first-order valence-corrected chi connectivity index (χ1v) is 10.2. The normalized spacial score (nSPS) is 12.5. The van der Waals surface area contributed by atoms with Gasteiger partial charge in [0.2, 0.25) is 0 Å². The first-order valence-electron chi connectivity index (χ1n) is 9.03. The molecule has 26 heavy (non-hydrogen) atoms. The van der Waals surface area contributed by atoms with Gasteiger partial charge in [-0.15, -0.1) is 0 Å². The van der Waals surface area contributed by atoms with E-state index in [1.165, 1.54) is 11.1 Å². The van der Waals surface area contributed by atoms with Crippen molar-refractivity contribution in [1.82, 2.24) is 5.32 Å². The Labute approximate surface area is 161 Å². The second kappa shape index (κ2) is 9.67. The van der Waals surface area contributed by atoms with Crippen LogP contribution in [0.15, 0.2) is 54.6 Å². The van der Waals surface area contributed by atoms with E-state index in [-0.39, 0.29) is 11.3 Å². The van der Waals surface area contributed by atoms with Crippen LogP contribution in [0.1, 0.15) is 38.8 Å². The average Bonchev–Trinajstić information content (AvgIpc) is 2.62. The molecule has 0 bridgehead atoms. The molecule has 0 aliphatic carbocycles. The minimum absolute atomic E-state index is 0.0785. The molecule has 0 aliphatic heterocycles. The van der Waals surface area contributed by atoms with Crippen molar-refractivity contribution in [1.29, 1.82) is 0 Å². The highest BCUT2D eigenvalue weighted by Crippen LogP contribution is 2.24. The number of rotatable bonds is 8. The van der Waals surface area contributed by atoms with Crippen molar-refractivity contribution in [2.45, 2.75) is 45.0 Å². The standard InChI is InChI=1S/C22H29NO2S/c1-17(25-20-12-10-19(11-13-20)22(2,3)4)21(24)23-14-15-26-16-18-8-6-5-7-9-18/h5-13,17H,14-16H2,1-4H3,(H,23,24). The predicted molar refractivity (Wildman–Crippen MR) is 111 cm³/mol. The Bertz CT molecular complexity index is 678. The Morgan fingerprint density at radius 1 is 1.08 bits per heavy atom. The van der Waals surface area contributed by atoms with E-state index in [0.717, 1.165) is 17.3 Å². The highest BCUT2D eigenvalue weighted by Gasteiger charge is 2.16. The summed E-state index contributed by atoms with van der Waals surface area (Å²) in [6.45, 7) is 8.95. The lowest BCUT2D eigenvalue weighted by Crippen LogP contribution is -2.37. The summed E-state index contributed by atoms with van der Waals surface area (Å²) in [5.41, 5.74) is 2.66. The number of nitrogens with one attached hydrogen (secondary N) is 1. The maximum Gasteiger partial charge on any atom is 0.260 e. The lowest BCUT2D eigenvalue weighted by molar-refractivity contribution is -0.127. The third kappa shape index (κ3) is 6.75. The van der Waals surface area contributed by atoms with Crippen LogP contribution in [0.25, 0.3) is 0 Å². The van der Waals surface area contributed by atoms with E-state index in [9.17, 15) is 4.79 Å². The molecule has 140 valence electrons. The van der Waals surface area contributed by atoms with E-state index in [1.807, 2.05) is 42.1 Å². The Hall–Kier alpha value is -1.94. The molecule has 0 radical (unpaired) electrons. The van der Waals surface area contributed by atoms with Crippen molar-refractivity contribution in [3.05, 3.63) is 65.7 Å². The third-order valence-electron chi connectivity index (χ3n) is 4.06. The van der Waals surface area contributed by atoms with E-state index in [1.54, 1.807) is 6.92 Å². The van der Waals surface area contributed by atoms with Crippen molar-refractivity contribution in [2.24, 2.45) is 0 Å². The SMILES string of the molecule is CC(Oc1ccc(C(C)(C)C)cc1)C(=O)NCCSCc1ccccc1. The van der Waals surface area contributed by atoms with Crippen LogP contribution in [0.3, 0.4) is 0 Å². The van der Waals surface area contributed by atoms with Crippen LogP contribution in [0, 0.1) is 0 Å². The van der Waals surface area contributed by atoms with Crippen molar-refractivity contribution in [3.8, 4) is 5.75 Å². The fraction of sp³-hybridized carbons (Fsp3) is 0.409. The van der Waals surface area contributed by atoms with Crippen molar-refractivity contribution in [2.75, 3.05) is 12.3 Å². The van der Waals surface area contributed by atoms with Gasteiger partial charge in [0.15, 0.2) is 6.10 Å². The molecule has 2 aromatic rings. The molecule has 0 aliphatic rings. The second-order valence-electron chi connectivity index (χ2n) is 7.36. The molecule has 1 unspecified atom stereocenters. The largest absolute Gasteiger partial charge is 0.481 e. The minimum atomic E-state index is -0.505. The number of thioether (sulfide) groups is 1. The molecule has 2 aromatic carbocycles. The minimum Gasteiger partial charge on any atom is -0.481 e. The molecule has 0 heterocycles. The number of benzene rings is 2. The third-order valence-corrected chi connectivity index (χ3v) is 5.09. The fourth-order valence-electron chi connectivity index (χ4n) is 2.45. The van der Waals surface area contributed by atoms with Crippen LogP contribution in [0.5, 0.6) is 5.75 Å². The topological polar surface area (TPSA) is 38.3 Å². The molecular weight excluding hydrogens is 342 g/mol. The van der Waals surface area contributed by atoms with E-state index >= 15 is 0 Å². The number of carbonyl (C=O) groups is 1. The molecule has 4 heteroatoms. The van der Waals surface area contributed by atoms with Gasteiger partial charge in [0.1, 0.15) is 5.75 Å². The lowest BCUT2D eigenvalue weighted by atomic mass is 9.87. The first kappa shape index (κ1) is 20.4. The molecule has 1 amide bonds. The van der Waals surface area contributed by atoms with Crippen LogP contribution in [-0.4, -0.2) is 24.3 Å². The summed E-state index contributed by atoms with van der Waals surface area (Å²) in [7, 11) is 0. The van der Waals surface area contributed by atoms with Crippen molar-refractivity contribution < 1.29 is 9.53 Å². The van der Waals surface area contributed by atoms with Crippen LogP contribution in [-0.2, 0) is 16.0 Å². The number of carbonyl (C=O) groups excluding carboxylic acids is 1. The summed E-state index contributed by atoms with van der Waals surface area (Å²) in [6.07, 6.45) is -0.505. The van der Waals surface area contributed by atoms with Gasteiger partial charge < -0.3 is 10.1 Å². The highest BCUT2D eigenvalue weighted by molar-refractivity contribution is 7.98. The molecule has 0 aromatic heterocycles. The molecule has 0 spiro atoms. The fourth-order valence-corrected chi connectivity index (χ4v) is 3.26. The van der Waals surface area contributed by atoms with Gasteiger partial charge in [-0.3, -0.25) is 4.79 Å². The highest BCUT2D eigenvalue weighted by atomic mass is 32.2. The van der Waals surface area contributed by atoms with Gasteiger partial charge in [0.25, 0.3) is 5.91 Å². The number of hydrogen-bond donors (Lipinski definition) is 1. The second-order valence-corrected chi connectivity index (χ2v) is 8.47. The Kier molecular flexibility index (Phi) is 7.58. The van der Waals surface area contributed by atoms with Crippen LogP contribution in [0.2, 0.25) is 0 Å². The maximum absolute atomic E-state index is 12.2. The molecule has 0 saturated carbocycles. The zero-order chi connectivity index (χ0) is 19.0. The van der Waals surface area contributed by atoms with E-state index < -0.39 is 6.10 Å². The monoisotopic (exact) mass is 371 g/mol. The van der Waals surface area contributed by atoms with Crippen LogP contribution < -0.4 is 10.1 Å². The molecule has 1 N–H and O–H groups in total. The van der Waals surface area contributed by atoms with E-state index in [2.05, 4.69) is 50.4 Å². The Balaban J connectivity index is 1.68. The summed E-state index contributed by atoms with van der Waals surface area (Å²) in [4.78, 5) is 12.2. The van der Waals surface area contributed by atoms with Crippen molar-refractivity contribution >= 4 is 17.7 Å². The molecular formula is C22H29NO2S. The smallest absolute Gasteiger partial charge is 0.260 e. The lowest BCUT2D eigenvalue weighted by Gasteiger charge is -2.20. The summed E-state index contributed by atoms with van der Waals surface area (Å²) >= 11 is 1.81. The van der Waals surface area contributed by atoms with E-state index in [0.29, 0.717) is 6.54 Å². The van der Waals surface area contributed by atoms with Gasteiger partial charge >= 0.3 is 0 Å². The van der Waals surface area contributed by atoms with Crippen molar-refractivity contribution in [3.63, 3.8) is 0 Å². The maximum atomic E-state index is 12.2. The van der Waals surface area contributed by atoms with E-state index in [4.69, 9.17) is 4.74 Å². The summed E-state index contributed by atoms with van der Waals surface area (Å²) in [6, 6.07) is 18.3. The van der Waals surface area contributed by atoms with Crippen LogP contribution >= 0.6 is 11.8 Å². The van der Waals surface area contributed by atoms with Crippen LogP contribution in [0.4, 0.5) is 0 Å². The zero-order valence-electron chi connectivity index (χ0n) is 16.1. The molecule has 2 rings (SSSR count). The molecule has 0 saturated heterocycles. The Morgan fingerprint density at radius 2 is 1.73 bits per heavy atom. The average molecular weight is 372 g/mol. The summed E-state index contributed by atoms with van der Waals surface area (Å²) in [5.74, 6) is 2.49. The van der Waals surface area contributed by atoms with Gasteiger partial charge in [-0.1, -0.05) is 63.2 Å². The van der Waals surface area contributed by atoms with Gasteiger partial charge in [-0.25, -0.2) is 0 Å². The van der Waals surface area contributed by atoms with Gasteiger partial charge in [0.05, 0.1) is 0 Å². The van der Waals surface area contributed by atoms with Gasteiger partial charge in [0, 0.05) is 18.1 Å². The quantitative estimate of drug-likeness (QED) is 0.677. The number of ether oxygens (including phenoxy) is 1. The number of amides is 1.